The topological polar surface area (TPSA) is 170 Å². The highest BCUT2D eigenvalue weighted by Crippen LogP contribution is 2.27. The highest BCUT2D eigenvalue weighted by Gasteiger charge is 2.21. The van der Waals surface area contributed by atoms with E-state index in [9.17, 15) is 9.59 Å². The first kappa shape index (κ1) is 21.7. The summed E-state index contributed by atoms with van der Waals surface area (Å²) >= 11 is 0. The van der Waals surface area contributed by atoms with Crippen LogP contribution >= 0.6 is 0 Å². The van der Waals surface area contributed by atoms with Gasteiger partial charge in [-0.3, -0.25) is 9.59 Å². The molecule has 0 aliphatic carbocycles. The van der Waals surface area contributed by atoms with Crippen LogP contribution in [-0.4, -0.2) is 42.2 Å². The van der Waals surface area contributed by atoms with E-state index in [1.165, 1.54) is 4.68 Å². The number of carbonyl (C=O) groups excluding carboxylic acids is 2. The van der Waals surface area contributed by atoms with Gasteiger partial charge in [0.2, 0.25) is 0 Å². The summed E-state index contributed by atoms with van der Waals surface area (Å²) in [7, 11) is 0. The maximum Gasteiger partial charge on any atom is 0.254 e. The van der Waals surface area contributed by atoms with Gasteiger partial charge in [0, 0.05) is 24.1 Å². The lowest BCUT2D eigenvalue weighted by molar-refractivity contribution is 0.0949. The van der Waals surface area contributed by atoms with Crippen molar-refractivity contribution in [3.8, 4) is 11.3 Å². The Labute approximate surface area is 189 Å². The molecule has 33 heavy (non-hydrogen) atoms. The van der Waals surface area contributed by atoms with Crippen molar-refractivity contribution >= 4 is 17.6 Å². The first-order valence-electron chi connectivity index (χ1n) is 10.3. The van der Waals surface area contributed by atoms with Crippen LogP contribution in [0.1, 0.15) is 37.7 Å². The molecule has 0 aliphatic heterocycles. The number of nitrogens with one attached hydrogen (secondary N) is 2. The van der Waals surface area contributed by atoms with E-state index in [0.29, 0.717) is 42.2 Å². The smallest absolute Gasteiger partial charge is 0.254 e. The molecule has 4 rings (SSSR count). The standard InChI is InChI=1S/C22H23N9O2/c1-13-4-2-3-5-16(13)22(33)25-12-14-6-8-15(9-7-14)19-18(21(24)32)20(23)31(28-19)11-10-17-26-29-30-27-17/h2-9H,10-12,23H2,1H3,(H2,24,32)(H,25,33)(H,26,27,29,30). The Hall–Kier alpha value is -4.54. The predicted molar refractivity (Wildman–Crippen MR) is 121 cm³/mol. The number of nitrogen functional groups attached to an aromatic ring is 1. The molecule has 0 radical (unpaired) electrons. The molecule has 2 amide bonds. The minimum atomic E-state index is -0.664. The number of nitrogens with two attached hydrogens (primary N) is 2. The van der Waals surface area contributed by atoms with Crippen molar-refractivity contribution in [1.29, 1.82) is 0 Å². The number of aryl methyl sites for hydroxylation is 3. The van der Waals surface area contributed by atoms with E-state index in [1.54, 1.807) is 6.07 Å². The SMILES string of the molecule is Cc1ccccc1C(=O)NCc1ccc(-c2nn(CCc3nn[nH]n3)c(N)c2C(N)=O)cc1. The van der Waals surface area contributed by atoms with Crippen molar-refractivity contribution in [2.75, 3.05) is 5.73 Å². The highest BCUT2D eigenvalue weighted by atomic mass is 16.2. The summed E-state index contributed by atoms with van der Waals surface area (Å²) in [5, 5.41) is 21.1. The van der Waals surface area contributed by atoms with Gasteiger partial charge in [-0.2, -0.15) is 10.3 Å². The summed E-state index contributed by atoms with van der Waals surface area (Å²) in [5.74, 6) is -0.121. The number of amides is 2. The van der Waals surface area contributed by atoms with Crippen LogP contribution < -0.4 is 16.8 Å². The molecule has 4 aromatic rings. The van der Waals surface area contributed by atoms with E-state index in [4.69, 9.17) is 11.5 Å². The normalized spacial score (nSPS) is 10.8. The summed E-state index contributed by atoms with van der Waals surface area (Å²) in [5.41, 5.74) is 15.4. The lowest BCUT2D eigenvalue weighted by Crippen LogP contribution is -2.23. The zero-order chi connectivity index (χ0) is 23.4. The number of anilines is 1. The van der Waals surface area contributed by atoms with Crippen LogP contribution in [-0.2, 0) is 19.5 Å². The molecule has 2 aromatic carbocycles. The first-order chi connectivity index (χ1) is 15.9. The van der Waals surface area contributed by atoms with Gasteiger partial charge in [-0.05, 0) is 24.1 Å². The van der Waals surface area contributed by atoms with Gasteiger partial charge in [-0.1, -0.05) is 47.7 Å². The molecule has 0 fully saturated rings. The molecule has 6 N–H and O–H groups in total. The van der Waals surface area contributed by atoms with E-state index in [1.807, 2.05) is 49.4 Å². The average molecular weight is 445 g/mol. The molecule has 11 heteroatoms. The Morgan fingerprint density at radius 3 is 2.55 bits per heavy atom. The van der Waals surface area contributed by atoms with Crippen LogP contribution in [0.25, 0.3) is 11.3 Å². The number of nitrogens with zero attached hydrogens (tertiary/aromatic N) is 5. The summed E-state index contributed by atoms with van der Waals surface area (Å²) in [6, 6.07) is 14.7. The van der Waals surface area contributed by atoms with E-state index in [0.717, 1.165) is 11.1 Å². The van der Waals surface area contributed by atoms with Gasteiger partial charge in [0.1, 0.15) is 17.1 Å². The quantitative estimate of drug-likeness (QED) is 0.316. The van der Waals surface area contributed by atoms with Gasteiger partial charge in [-0.25, -0.2) is 4.68 Å². The number of H-pyrrole nitrogens is 1. The van der Waals surface area contributed by atoms with Gasteiger partial charge < -0.3 is 16.8 Å². The van der Waals surface area contributed by atoms with Crippen molar-refractivity contribution < 1.29 is 9.59 Å². The summed E-state index contributed by atoms with van der Waals surface area (Å²) in [6.07, 6.45) is 0.430. The molecule has 0 atom stereocenters. The van der Waals surface area contributed by atoms with E-state index in [2.05, 4.69) is 31.0 Å². The number of carbonyl (C=O) groups is 2. The number of aromatic amines is 1. The fourth-order valence-electron chi connectivity index (χ4n) is 3.47. The molecule has 0 saturated heterocycles. The molecule has 0 unspecified atom stereocenters. The number of primary amides is 1. The lowest BCUT2D eigenvalue weighted by atomic mass is 10.0. The Morgan fingerprint density at radius 2 is 1.88 bits per heavy atom. The van der Waals surface area contributed by atoms with Crippen molar-refractivity contribution in [3.05, 3.63) is 76.6 Å². The van der Waals surface area contributed by atoms with Gasteiger partial charge in [0.15, 0.2) is 5.82 Å². The van der Waals surface area contributed by atoms with Gasteiger partial charge in [0.25, 0.3) is 11.8 Å². The second-order valence-electron chi connectivity index (χ2n) is 7.47. The molecule has 2 aromatic heterocycles. The fourth-order valence-corrected chi connectivity index (χ4v) is 3.47. The van der Waals surface area contributed by atoms with Crippen LogP contribution in [0.4, 0.5) is 5.82 Å². The third-order valence-corrected chi connectivity index (χ3v) is 5.24. The molecule has 168 valence electrons. The number of rotatable bonds is 8. The number of hydrogen-bond donors (Lipinski definition) is 4. The molecule has 0 bridgehead atoms. The largest absolute Gasteiger partial charge is 0.383 e. The second-order valence-corrected chi connectivity index (χ2v) is 7.47. The monoisotopic (exact) mass is 445 g/mol. The Kier molecular flexibility index (Phi) is 6.11. The van der Waals surface area contributed by atoms with Crippen LogP contribution in [0.3, 0.4) is 0 Å². The molecule has 0 saturated carbocycles. The van der Waals surface area contributed by atoms with Crippen LogP contribution in [0.15, 0.2) is 48.5 Å². The average Bonchev–Trinajstić information content (AvgIpc) is 3.44. The number of tetrazole rings is 1. The number of aromatic nitrogens is 6. The van der Waals surface area contributed by atoms with Gasteiger partial charge in [-0.15, -0.1) is 10.2 Å². The van der Waals surface area contributed by atoms with E-state index >= 15 is 0 Å². The van der Waals surface area contributed by atoms with Gasteiger partial charge >= 0.3 is 0 Å². The molecular weight excluding hydrogens is 422 g/mol. The minimum Gasteiger partial charge on any atom is -0.383 e. The lowest BCUT2D eigenvalue weighted by Gasteiger charge is -2.08. The fraction of sp³-hybridized carbons (Fsp3) is 0.182. The Balaban J connectivity index is 1.49. The molecule has 11 nitrogen and oxygen atoms in total. The second kappa shape index (κ2) is 9.30. The third kappa shape index (κ3) is 4.71. The van der Waals surface area contributed by atoms with E-state index < -0.39 is 5.91 Å². The van der Waals surface area contributed by atoms with Crippen molar-refractivity contribution in [2.24, 2.45) is 5.73 Å². The number of hydrogen-bond acceptors (Lipinski definition) is 7. The predicted octanol–water partition coefficient (Wildman–Crippen LogP) is 1.23. The first-order valence-corrected chi connectivity index (χ1v) is 10.3. The molecule has 0 spiro atoms. The Bertz CT molecular complexity index is 1280. The minimum absolute atomic E-state index is 0.138. The van der Waals surface area contributed by atoms with Crippen LogP contribution in [0.5, 0.6) is 0 Å². The maximum absolute atomic E-state index is 12.4. The zero-order valence-electron chi connectivity index (χ0n) is 17.9. The Morgan fingerprint density at radius 1 is 1.12 bits per heavy atom. The molecule has 2 heterocycles. The maximum atomic E-state index is 12.4. The summed E-state index contributed by atoms with van der Waals surface area (Å²) < 4.78 is 1.50. The summed E-state index contributed by atoms with van der Waals surface area (Å²) in [4.78, 5) is 24.5. The highest BCUT2D eigenvalue weighted by molar-refractivity contribution is 6.03. The van der Waals surface area contributed by atoms with Gasteiger partial charge in [0.05, 0.1) is 6.54 Å². The summed E-state index contributed by atoms with van der Waals surface area (Å²) in [6.45, 7) is 2.61. The van der Waals surface area contributed by atoms with Crippen molar-refractivity contribution in [3.63, 3.8) is 0 Å². The van der Waals surface area contributed by atoms with Crippen LogP contribution in [0.2, 0.25) is 0 Å². The van der Waals surface area contributed by atoms with Crippen molar-refractivity contribution in [2.45, 2.75) is 26.4 Å². The van der Waals surface area contributed by atoms with E-state index in [-0.39, 0.29) is 17.3 Å². The zero-order valence-corrected chi connectivity index (χ0v) is 17.9. The molecule has 0 aliphatic rings. The number of benzene rings is 2. The molecular formula is C22H23N9O2. The third-order valence-electron chi connectivity index (χ3n) is 5.24. The van der Waals surface area contributed by atoms with Crippen LogP contribution in [0, 0.1) is 6.92 Å². The van der Waals surface area contributed by atoms with Crippen molar-refractivity contribution in [1.82, 2.24) is 35.7 Å².